The molecule has 0 saturated carbocycles. The Labute approximate surface area is 141 Å². The van der Waals surface area contributed by atoms with Crippen LogP contribution >= 0.6 is 0 Å². The summed E-state index contributed by atoms with van der Waals surface area (Å²) in [5.41, 5.74) is 0. The van der Waals surface area contributed by atoms with Crippen LogP contribution in [0.3, 0.4) is 0 Å². The Balaban J connectivity index is 1.69. The molecule has 2 unspecified atom stereocenters. The van der Waals surface area contributed by atoms with Crippen molar-refractivity contribution in [1.29, 1.82) is 0 Å². The number of hydrogen-bond acceptors (Lipinski definition) is 3. The molecule has 1 aromatic heterocycles. The molecule has 0 spiro atoms. The van der Waals surface area contributed by atoms with Gasteiger partial charge >= 0.3 is 6.18 Å². The lowest BCUT2D eigenvalue weighted by molar-refractivity contribution is -0.141. The fourth-order valence-corrected chi connectivity index (χ4v) is 4.17. The lowest BCUT2D eigenvalue weighted by Gasteiger charge is -2.27. The Morgan fingerprint density at radius 3 is 2.58 bits per heavy atom. The van der Waals surface area contributed by atoms with Gasteiger partial charge in [0.2, 0.25) is 0 Å². The highest BCUT2D eigenvalue weighted by atomic mass is 19.4. The second-order valence-electron chi connectivity index (χ2n) is 7.46. The van der Waals surface area contributed by atoms with E-state index in [1.807, 2.05) is 0 Å². The lowest BCUT2D eigenvalue weighted by atomic mass is 10.00. The number of hydrogen-bond donors (Lipinski definition) is 0. The van der Waals surface area contributed by atoms with Crippen LogP contribution in [0.2, 0.25) is 0 Å². The molecule has 1 aromatic rings. The summed E-state index contributed by atoms with van der Waals surface area (Å²) in [7, 11) is 0. The number of imidazole rings is 1. The topological polar surface area (TPSA) is 24.3 Å². The van der Waals surface area contributed by atoms with Gasteiger partial charge in [0.15, 0.2) is 0 Å². The van der Waals surface area contributed by atoms with Crippen LogP contribution in [0.5, 0.6) is 0 Å². The van der Waals surface area contributed by atoms with Gasteiger partial charge in [-0.2, -0.15) is 13.2 Å². The van der Waals surface area contributed by atoms with Gasteiger partial charge < -0.3 is 4.57 Å². The zero-order chi connectivity index (χ0) is 17.3. The van der Waals surface area contributed by atoms with Crippen molar-refractivity contribution < 1.29 is 13.2 Å². The van der Waals surface area contributed by atoms with Gasteiger partial charge in [-0.1, -0.05) is 13.8 Å². The molecule has 0 radical (unpaired) electrons. The van der Waals surface area contributed by atoms with E-state index in [2.05, 4.69) is 28.6 Å². The molecule has 7 heteroatoms. The van der Waals surface area contributed by atoms with Crippen molar-refractivity contribution in [3.05, 3.63) is 18.2 Å². The molecule has 4 nitrogen and oxygen atoms in total. The van der Waals surface area contributed by atoms with Crippen molar-refractivity contribution in [3.8, 4) is 0 Å². The van der Waals surface area contributed by atoms with Gasteiger partial charge in [0.05, 0.1) is 6.54 Å². The van der Waals surface area contributed by atoms with E-state index in [0.717, 1.165) is 26.1 Å². The quantitative estimate of drug-likeness (QED) is 0.820. The normalized spacial score (nSPS) is 26.8. The summed E-state index contributed by atoms with van der Waals surface area (Å²) in [6.07, 6.45) is 2.33. The molecule has 0 N–H and O–H groups in total. The molecular weight excluding hydrogens is 317 g/mol. The van der Waals surface area contributed by atoms with Gasteiger partial charge in [-0.05, 0) is 38.3 Å². The van der Waals surface area contributed by atoms with Crippen LogP contribution in [0.15, 0.2) is 12.4 Å². The Bertz CT molecular complexity index is 534. The average Bonchev–Trinajstić information content (AvgIpc) is 3.18. The van der Waals surface area contributed by atoms with Crippen LogP contribution in [-0.2, 0) is 13.1 Å². The van der Waals surface area contributed by atoms with E-state index in [1.54, 1.807) is 0 Å². The second-order valence-corrected chi connectivity index (χ2v) is 7.46. The van der Waals surface area contributed by atoms with Gasteiger partial charge in [-0.25, -0.2) is 4.98 Å². The molecule has 24 heavy (non-hydrogen) atoms. The number of rotatable bonds is 5. The molecule has 3 heterocycles. The van der Waals surface area contributed by atoms with Gasteiger partial charge in [-0.15, -0.1) is 0 Å². The minimum absolute atomic E-state index is 0.409. The number of alkyl halides is 3. The van der Waals surface area contributed by atoms with Crippen molar-refractivity contribution in [2.24, 2.45) is 5.92 Å². The van der Waals surface area contributed by atoms with Crippen LogP contribution < -0.4 is 0 Å². The van der Waals surface area contributed by atoms with Crippen molar-refractivity contribution in [2.75, 3.05) is 19.6 Å². The van der Waals surface area contributed by atoms with Crippen molar-refractivity contribution in [3.63, 3.8) is 0 Å². The molecule has 2 aliphatic heterocycles. The fraction of sp³-hybridized carbons (Fsp3) is 0.824. The number of aromatic nitrogens is 2. The summed E-state index contributed by atoms with van der Waals surface area (Å²) in [4.78, 5) is 9.08. The van der Waals surface area contributed by atoms with Crippen LogP contribution in [0.4, 0.5) is 13.2 Å². The van der Waals surface area contributed by atoms with Crippen molar-refractivity contribution in [1.82, 2.24) is 19.4 Å². The third-order valence-electron chi connectivity index (χ3n) is 5.35. The monoisotopic (exact) mass is 344 g/mol. The summed E-state index contributed by atoms with van der Waals surface area (Å²) >= 11 is 0. The maximum atomic E-state index is 12.7. The maximum absolute atomic E-state index is 12.7. The third kappa shape index (κ3) is 4.11. The van der Waals surface area contributed by atoms with Crippen molar-refractivity contribution in [2.45, 2.75) is 64.5 Å². The Morgan fingerprint density at radius 2 is 1.96 bits per heavy atom. The molecule has 0 aliphatic carbocycles. The Morgan fingerprint density at radius 1 is 1.25 bits per heavy atom. The van der Waals surface area contributed by atoms with E-state index in [-0.39, 0.29) is 0 Å². The first-order chi connectivity index (χ1) is 11.3. The van der Waals surface area contributed by atoms with E-state index < -0.39 is 12.7 Å². The van der Waals surface area contributed by atoms with Crippen molar-refractivity contribution >= 4 is 0 Å². The molecule has 0 amide bonds. The zero-order valence-electron chi connectivity index (χ0n) is 14.5. The molecule has 2 aliphatic rings. The molecule has 3 rings (SSSR count). The fourth-order valence-electron chi connectivity index (χ4n) is 4.17. The first-order valence-corrected chi connectivity index (χ1v) is 8.88. The second kappa shape index (κ2) is 7.04. The Hall–Kier alpha value is -1.08. The average molecular weight is 344 g/mol. The number of halogens is 3. The van der Waals surface area contributed by atoms with Gasteiger partial charge in [0, 0.05) is 31.0 Å². The molecule has 2 atom stereocenters. The molecule has 2 saturated heterocycles. The molecular formula is C17H27F3N4. The van der Waals surface area contributed by atoms with Gasteiger partial charge in [0.1, 0.15) is 12.4 Å². The molecule has 0 aromatic carbocycles. The Kier molecular flexibility index (Phi) is 5.20. The first-order valence-electron chi connectivity index (χ1n) is 8.88. The summed E-state index contributed by atoms with van der Waals surface area (Å²) in [5.74, 6) is 1.00. The highest BCUT2D eigenvalue weighted by Crippen LogP contribution is 2.30. The van der Waals surface area contributed by atoms with Crippen LogP contribution in [0.25, 0.3) is 0 Å². The maximum Gasteiger partial charge on any atom is 0.406 e. The highest BCUT2D eigenvalue weighted by molar-refractivity contribution is 4.99. The third-order valence-corrected chi connectivity index (χ3v) is 5.35. The molecule has 136 valence electrons. The minimum Gasteiger partial charge on any atom is -0.325 e. The number of nitrogens with zero attached hydrogens (tertiary/aromatic N) is 4. The van der Waals surface area contributed by atoms with Crippen LogP contribution in [0, 0.1) is 5.92 Å². The smallest absolute Gasteiger partial charge is 0.325 e. The highest BCUT2D eigenvalue weighted by Gasteiger charge is 2.38. The van der Waals surface area contributed by atoms with E-state index in [1.165, 1.54) is 29.8 Å². The zero-order valence-corrected chi connectivity index (χ0v) is 14.5. The summed E-state index contributed by atoms with van der Waals surface area (Å²) in [6.45, 7) is 7.19. The predicted octanol–water partition coefficient (Wildman–Crippen LogP) is 3.14. The van der Waals surface area contributed by atoms with Gasteiger partial charge in [0.25, 0.3) is 0 Å². The predicted molar refractivity (Wildman–Crippen MR) is 86.5 cm³/mol. The van der Waals surface area contributed by atoms with E-state index in [4.69, 9.17) is 0 Å². The van der Waals surface area contributed by atoms with Crippen LogP contribution in [0.1, 0.15) is 38.9 Å². The van der Waals surface area contributed by atoms with Crippen LogP contribution in [-0.4, -0.2) is 57.2 Å². The minimum atomic E-state index is -4.21. The molecule has 2 fully saturated rings. The SMILES string of the molecule is CC(C)C1CC(N2CCCC2)CN1Cc1nccn1CC(F)(F)F. The van der Waals surface area contributed by atoms with E-state index >= 15 is 0 Å². The van der Waals surface area contributed by atoms with E-state index in [0.29, 0.717) is 30.4 Å². The van der Waals surface area contributed by atoms with E-state index in [9.17, 15) is 13.2 Å². The standard InChI is InChI=1S/C17H27F3N4/c1-13(2)15-9-14(22-6-3-4-7-22)10-24(15)11-16-21-5-8-23(16)12-17(18,19)20/h5,8,13-15H,3-4,6-7,9-12H2,1-2H3. The number of likely N-dealkylation sites (tertiary alicyclic amines) is 2. The first kappa shape index (κ1) is 17.7. The molecule has 0 bridgehead atoms. The largest absolute Gasteiger partial charge is 0.406 e. The van der Waals surface area contributed by atoms with Gasteiger partial charge in [-0.3, -0.25) is 9.80 Å². The summed E-state index contributed by atoms with van der Waals surface area (Å²) < 4.78 is 39.4. The lowest BCUT2D eigenvalue weighted by Crippen LogP contribution is -2.36. The summed E-state index contributed by atoms with van der Waals surface area (Å²) in [5, 5.41) is 0. The summed E-state index contributed by atoms with van der Waals surface area (Å²) in [6, 6.07) is 0.942.